The zero-order chi connectivity index (χ0) is 18.4. The van der Waals surface area contributed by atoms with Crippen LogP contribution in [0.2, 0.25) is 0 Å². The van der Waals surface area contributed by atoms with Crippen LogP contribution in [-0.2, 0) is 14.3 Å². The fourth-order valence-corrected chi connectivity index (χ4v) is 2.68. The summed E-state index contributed by atoms with van der Waals surface area (Å²) in [6.07, 6.45) is 0.864. The first kappa shape index (κ1) is 18.8. The Hall–Kier alpha value is -2.57. The Kier molecular flexibility index (Phi) is 6.38. The van der Waals surface area contributed by atoms with Crippen LogP contribution in [0.3, 0.4) is 0 Å². The molecule has 1 heterocycles. The van der Waals surface area contributed by atoms with Crippen LogP contribution in [0.4, 0.5) is 10.5 Å². The van der Waals surface area contributed by atoms with Crippen molar-refractivity contribution in [1.82, 2.24) is 10.2 Å². The number of ether oxygens (including phenoxy) is 1. The fourth-order valence-electron chi connectivity index (χ4n) is 2.68. The van der Waals surface area contributed by atoms with E-state index in [1.54, 1.807) is 17.9 Å². The molecular formula is C18H25N3O4. The first-order chi connectivity index (χ1) is 11.9. The second kappa shape index (κ2) is 8.50. The molecule has 0 atom stereocenters. The standard InChI is InChI=1S/C18H25N3O4/c1-4-25-18(24)21-9-7-14(8-10-21)19-16(22)17(23)20-15-6-5-12(2)13(3)11-15/h5-6,11,14H,4,7-10H2,1-3H3,(H,19,22)(H,20,23). The summed E-state index contributed by atoms with van der Waals surface area (Å²) < 4.78 is 4.96. The molecule has 1 aromatic carbocycles. The lowest BCUT2D eigenvalue weighted by atomic mass is 10.1. The van der Waals surface area contributed by atoms with Crippen molar-refractivity contribution in [3.8, 4) is 0 Å². The van der Waals surface area contributed by atoms with Crippen LogP contribution in [0, 0.1) is 13.8 Å². The largest absolute Gasteiger partial charge is 0.450 e. The van der Waals surface area contributed by atoms with Crippen LogP contribution in [0.5, 0.6) is 0 Å². The Morgan fingerprint density at radius 1 is 1.12 bits per heavy atom. The number of nitrogens with zero attached hydrogens (tertiary/aromatic N) is 1. The highest BCUT2D eigenvalue weighted by Gasteiger charge is 2.26. The van der Waals surface area contributed by atoms with Gasteiger partial charge in [0.2, 0.25) is 0 Å². The van der Waals surface area contributed by atoms with Gasteiger partial charge < -0.3 is 20.3 Å². The monoisotopic (exact) mass is 347 g/mol. The summed E-state index contributed by atoms with van der Waals surface area (Å²) in [5.74, 6) is -1.34. The maximum atomic E-state index is 12.1. The molecule has 7 heteroatoms. The maximum Gasteiger partial charge on any atom is 0.409 e. The average molecular weight is 347 g/mol. The summed E-state index contributed by atoms with van der Waals surface area (Å²) in [6, 6.07) is 5.38. The first-order valence-electron chi connectivity index (χ1n) is 8.51. The summed E-state index contributed by atoms with van der Waals surface area (Å²) >= 11 is 0. The van der Waals surface area contributed by atoms with E-state index >= 15 is 0 Å². The van der Waals surface area contributed by atoms with Gasteiger partial charge in [-0.2, -0.15) is 0 Å². The van der Waals surface area contributed by atoms with Crippen LogP contribution >= 0.6 is 0 Å². The van der Waals surface area contributed by atoms with Gasteiger partial charge in [0.1, 0.15) is 0 Å². The van der Waals surface area contributed by atoms with Gasteiger partial charge in [-0.25, -0.2) is 4.79 Å². The number of rotatable bonds is 3. The normalized spacial score (nSPS) is 14.8. The lowest BCUT2D eigenvalue weighted by molar-refractivity contribution is -0.136. The van der Waals surface area contributed by atoms with E-state index in [0.717, 1.165) is 11.1 Å². The highest BCUT2D eigenvalue weighted by Crippen LogP contribution is 2.14. The average Bonchev–Trinajstić information content (AvgIpc) is 2.59. The Morgan fingerprint density at radius 3 is 2.40 bits per heavy atom. The molecule has 3 amide bonds. The van der Waals surface area contributed by atoms with Crippen LogP contribution < -0.4 is 10.6 Å². The summed E-state index contributed by atoms with van der Waals surface area (Å²) in [7, 11) is 0. The van der Waals surface area contributed by atoms with Gasteiger partial charge in [-0.1, -0.05) is 6.07 Å². The smallest absolute Gasteiger partial charge is 0.409 e. The molecule has 2 N–H and O–H groups in total. The van der Waals surface area contributed by atoms with Crippen molar-refractivity contribution in [3.05, 3.63) is 29.3 Å². The Labute approximate surface area is 147 Å². The number of nitrogens with one attached hydrogen (secondary N) is 2. The molecule has 0 spiro atoms. The molecule has 1 aliphatic rings. The second-order valence-corrected chi connectivity index (χ2v) is 6.19. The van der Waals surface area contributed by atoms with Crippen molar-refractivity contribution in [2.75, 3.05) is 25.0 Å². The third-order valence-corrected chi connectivity index (χ3v) is 4.33. The summed E-state index contributed by atoms with van der Waals surface area (Å²) in [5.41, 5.74) is 2.76. The number of benzene rings is 1. The summed E-state index contributed by atoms with van der Waals surface area (Å²) in [4.78, 5) is 37.3. The quantitative estimate of drug-likeness (QED) is 0.819. The van der Waals surface area contributed by atoms with Gasteiger partial charge in [-0.05, 0) is 56.9 Å². The van der Waals surface area contributed by atoms with Crippen LogP contribution in [-0.4, -0.2) is 48.5 Å². The minimum absolute atomic E-state index is 0.122. The van der Waals surface area contributed by atoms with Gasteiger partial charge in [0.25, 0.3) is 0 Å². The minimum Gasteiger partial charge on any atom is -0.450 e. The second-order valence-electron chi connectivity index (χ2n) is 6.19. The van der Waals surface area contributed by atoms with E-state index < -0.39 is 11.8 Å². The predicted octanol–water partition coefficient (Wildman–Crippen LogP) is 1.98. The number of piperidine rings is 1. The number of hydrogen-bond acceptors (Lipinski definition) is 4. The van der Waals surface area contributed by atoms with Gasteiger partial charge in [-0.3, -0.25) is 9.59 Å². The van der Waals surface area contributed by atoms with Crippen LogP contribution in [0.1, 0.15) is 30.9 Å². The van der Waals surface area contributed by atoms with Gasteiger partial charge in [0.15, 0.2) is 0 Å². The molecule has 136 valence electrons. The van der Waals surface area contributed by atoms with Gasteiger partial charge in [0.05, 0.1) is 6.61 Å². The predicted molar refractivity (Wildman–Crippen MR) is 94.3 cm³/mol. The number of carbonyl (C=O) groups is 3. The zero-order valence-electron chi connectivity index (χ0n) is 14.9. The van der Waals surface area contributed by atoms with Crippen LogP contribution in [0.25, 0.3) is 0 Å². The molecule has 25 heavy (non-hydrogen) atoms. The molecule has 1 aliphatic heterocycles. The molecule has 1 fully saturated rings. The SMILES string of the molecule is CCOC(=O)N1CCC(NC(=O)C(=O)Nc2ccc(C)c(C)c2)CC1. The molecule has 0 radical (unpaired) electrons. The summed E-state index contributed by atoms with van der Waals surface area (Å²) in [5, 5.41) is 5.33. The molecule has 7 nitrogen and oxygen atoms in total. The minimum atomic E-state index is -0.684. The number of likely N-dealkylation sites (tertiary alicyclic amines) is 1. The molecule has 0 aromatic heterocycles. The van der Waals surface area contributed by atoms with E-state index in [4.69, 9.17) is 4.74 Å². The van der Waals surface area contributed by atoms with Gasteiger partial charge in [-0.15, -0.1) is 0 Å². The molecular weight excluding hydrogens is 322 g/mol. The lowest BCUT2D eigenvalue weighted by Gasteiger charge is -2.31. The number of amides is 3. The van der Waals surface area contributed by atoms with Crippen molar-refractivity contribution in [1.29, 1.82) is 0 Å². The highest BCUT2D eigenvalue weighted by molar-refractivity contribution is 6.39. The van der Waals surface area contributed by atoms with Crippen molar-refractivity contribution in [3.63, 3.8) is 0 Å². The number of anilines is 1. The van der Waals surface area contributed by atoms with E-state index in [0.29, 0.717) is 38.2 Å². The molecule has 0 aliphatic carbocycles. The molecule has 0 unspecified atom stereocenters. The van der Waals surface area contributed by atoms with Gasteiger partial charge in [0, 0.05) is 24.8 Å². The number of hydrogen-bond donors (Lipinski definition) is 2. The third-order valence-electron chi connectivity index (χ3n) is 4.33. The fraction of sp³-hybridized carbons (Fsp3) is 0.500. The van der Waals surface area contributed by atoms with E-state index in [1.165, 1.54) is 0 Å². The zero-order valence-corrected chi connectivity index (χ0v) is 14.9. The van der Waals surface area contributed by atoms with Crippen molar-refractivity contribution < 1.29 is 19.1 Å². The summed E-state index contributed by atoms with van der Waals surface area (Å²) in [6.45, 7) is 7.04. The Morgan fingerprint density at radius 2 is 1.80 bits per heavy atom. The van der Waals surface area contributed by atoms with Gasteiger partial charge >= 0.3 is 17.9 Å². The molecule has 0 bridgehead atoms. The van der Waals surface area contributed by atoms with Crippen molar-refractivity contribution >= 4 is 23.6 Å². The van der Waals surface area contributed by atoms with Crippen molar-refractivity contribution in [2.45, 2.75) is 39.7 Å². The number of carbonyl (C=O) groups excluding carboxylic acids is 3. The van der Waals surface area contributed by atoms with E-state index in [1.807, 2.05) is 26.0 Å². The Bertz CT molecular complexity index is 652. The van der Waals surface area contributed by atoms with E-state index in [-0.39, 0.29) is 12.1 Å². The molecule has 1 aromatic rings. The first-order valence-corrected chi connectivity index (χ1v) is 8.51. The Balaban J connectivity index is 1.81. The lowest BCUT2D eigenvalue weighted by Crippen LogP contribution is -2.49. The topological polar surface area (TPSA) is 87.7 Å². The number of aryl methyl sites for hydroxylation is 2. The van der Waals surface area contributed by atoms with E-state index in [9.17, 15) is 14.4 Å². The third kappa shape index (κ3) is 5.20. The molecule has 2 rings (SSSR count). The van der Waals surface area contributed by atoms with Crippen LogP contribution in [0.15, 0.2) is 18.2 Å². The maximum absolute atomic E-state index is 12.1. The molecule has 0 saturated carbocycles. The van der Waals surface area contributed by atoms with Crippen molar-refractivity contribution in [2.24, 2.45) is 0 Å². The van der Waals surface area contributed by atoms with E-state index in [2.05, 4.69) is 10.6 Å². The highest BCUT2D eigenvalue weighted by atomic mass is 16.6. The molecule has 1 saturated heterocycles.